The molecule has 0 radical (unpaired) electrons. The molecule has 0 saturated heterocycles. The minimum absolute atomic E-state index is 0.0271. The third-order valence-corrected chi connectivity index (χ3v) is 10.1. The van der Waals surface area contributed by atoms with Crippen molar-refractivity contribution >= 4 is 35.4 Å². The molecule has 2 bridgehead atoms. The van der Waals surface area contributed by atoms with E-state index in [1.807, 2.05) is 30.3 Å². The summed E-state index contributed by atoms with van der Waals surface area (Å²) < 4.78 is 16.7. The molecule has 310 valence electrons. The van der Waals surface area contributed by atoms with E-state index >= 15 is 0 Å². The number of allylic oxidation sites excluding steroid dienone is 2. The van der Waals surface area contributed by atoms with Gasteiger partial charge in [-0.25, -0.2) is 4.79 Å². The quantitative estimate of drug-likeness (QED) is 0.0703. The van der Waals surface area contributed by atoms with Crippen LogP contribution in [0, 0.1) is 5.92 Å². The van der Waals surface area contributed by atoms with Gasteiger partial charge in [-0.05, 0) is 68.6 Å². The topological polar surface area (TPSA) is 193 Å². The molecule has 58 heavy (non-hydrogen) atoms. The van der Waals surface area contributed by atoms with Gasteiger partial charge in [0.1, 0.15) is 17.6 Å². The summed E-state index contributed by atoms with van der Waals surface area (Å²) >= 11 is 0. The SMILES string of the molecule is CCN(Cc1ccccc1)Cc1ccc(C(=O)Nc2c(O)cc3c(O)c2C=C(C)C[C@H](OC)[C@H](O)[C@@H](C)C=C(C)[C@H](OC(N)=O)[C@@H](OC)C=CC=C(C)C(=O)N3)cc1. The van der Waals surface area contributed by atoms with Crippen molar-refractivity contribution in [3.63, 3.8) is 0 Å². The van der Waals surface area contributed by atoms with Crippen LogP contribution in [0.3, 0.4) is 0 Å². The Bertz CT molecular complexity index is 2030. The fraction of sp³-hybridized carbons (Fsp3) is 0.356. The van der Waals surface area contributed by atoms with Crippen LogP contribution in [0.25, 0.3) is 6.08 Å². The predicted molar refractivity (Wildman–Crippen MR) is 225 cm³/mol. The first-order chi connectivity index (χ1) is 27.6. The van der Waals surface area contributed by atoms with Crippen molar-refractivity contribution in [1.29, 1.82) is 0 Å². The molecule has 4 rings (SSSR count). The summed E-state index contributed by atoms with van der Waals surface area (Å²) in [7, 11) is 2.88. The first kappa shape index (κ1) is 45.0. The van der Waals surface area contributed by atoms with Crippen molar-refractivity contribution in [2.45, 2.75) is 78.5 Å². The zero-order chi connectivity index (χ0) is 42.5. The number of hydrogen-bond acceptors (Lipinski definition) is 10. The molecule has 3 aromatic rings. The molecule has 0 spiro atoms. The zero-order valence-corrected chi connectivity index (χ0v) is 34.2. The van der Waals surface area contributed by atoms with Gasteiger partial charge in [0.2, 0.25) is 0 Å². The van der Waals surface area contributed by atoms with Gasteiger partial charge in [-0.2, -0.15) is 0 Å². The van der Waals surface area contributed by atoms with Crippen molar-refractivity contribution in [2.24, 2.45) is 11.7 Å². The normalized spacial score (nSPS) is 20.7. The molecule has 3 aromatic carbocycles. The lowest BCUT2D eigenvalue weighted by molar-refractivity contribution is -0.112. The second kappa shape index (κ2) is 21.1. The number of rotatable bonds is 10. The molecule has 0 saturated carbocycles. The number of carbonyl (C=O) groups is 3. The van der Waals surface area contributed by atoms with Gasteiger partial charge < -0.3 is 45.9 Å². The Balaban J connectivity index is 1.71. The van der Waals surface area contributed by atoms with Crippen LogP contribution in [0.4, 0.5) is 16.2 Å². The van der Waals surface area contributed by atoms with E-state index in [-0.39, 0.29) is 28.9 Å². The van der Waals surface area contributed by atoms with Crippen LogP contribution in [-0.2, 0) is 32.1 Å². The lowest BCUT2D eigenvalue weighted by Gasteiger charge is -2.28. The largest absolute Gasteiger partial charge is 0.506 e. The predicted octanol–water partition coefficient (Wildman–Crippen LogP) is 7.06. The Morgan fingerprint density at radius 1 is 0.983 bits per heavy atom. The van der Waals surface area contributed by atoms with Crippen LogP contribution in [0.1, 0.15) is 68.1 Å². The van der Waals surface area contributed by atoms with E-state index in [1.165, 1.54) is 25.9 Å². The number of primary amides is 1. The molecule has 5 atom stereocenters. The maximum absolute atomic E-state index is 13.7. The molecule has 0 unspecified atom stereocenters. The molecule has 13 heteroatoms. The monoisotopic (exact) mass is 796 g/mol. The number of phenols is 2. The van der Waals surface area contributed by atoms with E-state index in [1.54, 1.807) is 64.1 Å². The fourth-order valence-electron chi connectivity index (χ4n) is 6.74. The average Bonchev–Trinajstić information content (AvgIpc) is 3.20. The number of amides is 3. The number of aromatic hydroxyl groups is 2. The van der Waals surface area contributed by atoms with Crippen molar-refractivity contribution < 1.29 is 43.9 Å². The maximum atomic E-state index is 13.7. The van der Waals surface area contributed by atoms with E-state index in [9.17, 15) is 29.7 Å². The number of methoxy groups -OCH3 is 2. The summed E-state index contributed by atoms with van der Waals surface area (Å²) in [5.74, 6) is -2.47. The minimum atomic E-state index is -1.06. The first-order valence-electron chi connectivity index (χ1n) is 19.1. The molecule has 0 fully saturated rings. The number of nitrogens with zero attached hydrogens (tertiary/aromatic N) is 1. The molecule has 3 amide bonds. The number of nitrogens with one attached hydrogen (secondary N) is 2. The summed E-state index contributed by atoms with van der Waals surface area (Å²) in [6, 6.07) is 18.5. The number of phenolic OH excluding ortho intramolecular Hbond substituents is 2. The van der Waals surface area contributed by atoms with Crippen molar-refractivity contribution in [3.8, 4) is 11.5 Å². The molecule has 0 aliphatic carbocycles. The number of aliphatic hydroxyl groups excluding tert-OH is 1. The van der Waals surface area contributed by atoms with Crippen molar-refractivity contribution in [1.82, 2.24) is 4.90 Å². The Morgan fingerprint density at radius 3 is 2.24 bits per heavy atom. The number of nitrogens with two attached hydrogens (primary N) is 1. The molecular formula is C45H56N4O9. The first-order valence-corrected chi connectivity index (χ1v) is 19.1. The Hall–Kier alpha value is -5.73. The van der Waals surface area contributed by atoms with Crippen LogP contribution in [0.2, 0.25) is 0 Å². The lowest BCUT2D eigenvalue weighted by Crippen LogP contribution is -2.36. The highest BCUT2D eigenvalue weighted by atomic mass is 16.6. The molecule has 0 aromatic heterocycles. The van der Waals surface area contributed by atoms with Crippen molar-refractivity contribution in [2.75, 3.05) is 31.4 Å². The number of ether oxygens (including phenoxy) is 3. The van der Waals surface area contributed by atoms with E-state index < -0.39 is 59.7 Å². The summed E-state index contributed by atoms with van der Waals surface area (Å²) in [5.41, 5.74) is 9.14. The number of anilines is 2. The summed E-state index contributed by atoms with van der Waals surface area (Å²) in [5, 5.41) is 39.8. The number of carbonyl (C=O) groups excluding carboxylic acids is 3. The number of hydrogen-bond donors (Lipinski definition) is 6. The number of fused-ring (bicyclic) bond motifs is 2. The Morgan fingerprint density at radius 2 is 1.64 bits per heavy atom. The van der Waals surface area contributed by atoms with Gasteiger partial charge in [0, 0.05) is 56.0 Å². The zero-order valence-electron chi connectivity index (χ0n) is 34.2. The summed E-state index contributed by atoms with van der Waals surface area (Å²) in [6.45, 7) is 11.2. The van der Waals surface area contributed by atoms with E-state index in [2.05, 4.69) is 34.6 Å². The van der Waals surface area contributed by atoms with Gasteiger partial charge in [0.05, 0.1) is 23.6 Å². The van der Waals surface area contributed by atoms with Crippen LogP contribution in [0.15, 0.2) is 102 Å². The van der Waals surface area contributed by atoms with E-state index in [0.29, 0.717) is 23.3 Å². The Kier molecular flexibility index (Phi) is 16.4. The summed E-state index contributed by atoms with van der Waals surface area (Å²) in [4.78, 5) is 41.2. The number of aliphatic hydroxyl groups is 1. The Labute approximate surface area is 340 Å². The third kappa shape index (κ3) is 12.1. The molecule has 1 aliphatic heterocycles. The van der Waals surface area contributed by atoms with E-state index in [4.69, 9.17) is 19.9 Å². The fourth-order valence-corrected chi connectivity index (χ4v) is 6.74. The molecular weight excluding hydrogens is 741 g/mol. The van der Waals surface area contributed by atoms with Gasteiger partial charge >= 0.3 is 6.09 Å². The molecule has 7 N–H and O–H groups in total. The maximum Gasteiger partial charge on any atom is 0.405 e. The highest BCUT2D eigenvalue weighted by Gasteiger charge is 2.29. The van der Waals surface area contributed by atoms with Gasteiger partial charge in [-0.15, -0.1) is 0 Å². The van der Waals surface area contributed by atoms with Gasteiger partial charge in [-0.1, -0.05) is 86.2 Å². The van der Waals surface area contributed by atoms with E-state index in [0.717, 1.165) is 24.7 Å². The lowest BCUT2D eigenvalue weighted by atomic mass is 9.91. The van der Waals surface area contributed by atoms with Gasteiger partial charge in [0.25, 0.3) is 11.8 Å². The van der Waals surface area contributed by atoms with Gasteiger partial charge in [-0.3, -0.25) is 14.5 Å². The molecule has 1 heterocycles. The van der Waals surface area contributed by atoms with Crippen molar-refractivity contribution in [3.05, 3.63) is 124 Å². The molecule has 13 nitrogen and oxygen atoms in total. The molecule has 1 aliphatic rings. The minimum Gasteiger partial charge on any atom is -0.506 e. The standard InChI is InChI=1S/C45H56N4O9/c1-8-49(25-31-14-10-9-11-15-31)26-32-17-19-33(20-18-32)44(54)48-39-34-21-27(2)22-38(57-7)40(51)29(4)23-30(5)42(58-45(46)55)37(56-6)16-12-13-28(3)43(53)47-35(41(34)52)24-36(39)50/h9-21,23-24,29,37-38,40,42,50-52H,8,22,25-26H2,1-7H3,(H2,46,55)(H,47,53)(H,48,54)/t29-,37-,38-,40+,42-/m0/s1. The van der Waals surface area contributed by atoms with Crippen LogP contribution in [-0.4, -0.2) is 83.3 Å². The smallest absolute Gasteiger partial charge is 0.405 e. The van der Waals surface area contributed by atoms with Crippen LogP contribution >= 0.6 is 0 Å². The van der Waals surface area contributed by atoms with Gasteiger partial charge in [0.15, 0.2) is 6.10 Å². The second-order valence-electron chi connectivity index (χ2n) is 14.5. The highest BCUT2D eigenvalue weighted by Crippen LogP contribution is 2.43. The summed E-state index contributed by atoms with van der Waals surface area (Å²) in [6.07, 6.45) is 3.48. The second-order valence-corrected chi connectivity index (χ2v) is 14.5. The highest BCUT2D eigenvalue weighted by molar-refractivity contribution is 6.09. The number of benzene rings is 3. The third-order valence-electron chi connectivity index (χ3n) is 10.1. The van der Waals surface area contributed by atoms with Crippen LogP contribution < -0.4 is 16.4 Å². The average molecular weight is 797 g/mol. The van der Waals surface area contributed by atoms with Crippen LogP contribution in [0.5, 0.6) is 11.5 Å².